The first-order chi connectivity index (χ1) is 10.2. The molecule has 21 heavy (non-hydrogen) atoms. The summed E-state index contributed by atoms with van der Waals surface area (Å²) < 4.78 is 11.2. The summed E-state index contributed by atoms with van der Waals surface area (Å²) in [5.41, 5.74) is 0.503. The number of methoxy groups -OCH3 is 2. The second kappa shape index (κ2) is 7.12. The van der Waals surface area contributed by atoms with Gasteiger partial charge < -0.3 is 9.47 Å². The molecule has 1 heterocycles. The van der Waals surface area contributed by atoms with Gasteiger partial charge in [0.15, 0.2) is 0 Å². The molecule has 0 fully saturated rings. The molecule has 0 N–H and O–H groups in total. The smallest absolute Gasteiger partial charge is 0.306 e. The van der Waals surface area contributed by atoms with Crippen molar-refractivity contribution < 1.29 is 14.3 Å². The number of hydrogen-bond acceptors (Lipinski definition) is 6. The summed E-state index contributed by atoms with van der Waals surface area (Å²) in [5.74, 6) is 1.46. The van der Waals surface area contributed by atoms with E-state index in [0.717, 1.165) is 0 Å². The molecule has 0 atom stereocenters. The Bertz CT molecular complexity index is 699. The molecule has 2 aromatic rings. The number of nitrogens with zero attached hydrogens (tertiary/aromatic N) is 2. The molecule has 7 heteroatoms. The summed E-state index contributed by atoms with van der Waals surface area (Å²) in [6.45, 7) is 0. The fourth-order valence-corrected chi connectivity index (χ4v) is 2.60. The predicted molar refractivity (Wildman–Crippen MR) is 81.6 cm³/mol. The monoisotopic (exact) mass is 308 g/mol. The average molecular weight is 308 g/mol. The Hall–Kier alpha value is -2.02. The number of fused-ring (bicyclic) bond motifs is 1. The summed E-state index contributed by atoms with van der Waals surface area (Å²) in [6.07, 6.45) is 1.84. The number of benzene rings is 1. The molecular formula is C14H16N2O4S. The van der Waals surface area contributed by atoms with Crippen LogP contribution in [0, 0.1) is 0 Å². The van der Waals surface area contributed by atoms with Crippen LogP contribution in [0.4, 0.5) is 0 Å². The zero-order chi connectivity index (χ0) is 15.2. The van der Waals surface area contributed by atoms with Crippen LogP contribution in [0.1, 0.15) is 6.42 Å². The quantitative estimate of drug-likeness (QED) is 0.597. The molecule has 0 aliphatic rings. The Morgan fingerprint density at radius 1 is 1.38 bits per heavy atom. The number of carbonyl (C=O) groups excluding carboxylic acids is 1. The molecule has 0 amide bonds. The molecule has 0 bridgehead atoms. The van der Waals surface area contributed by atoms with Gasteiger partial charge in [0.2, 0.25) is 0 Å². The van der Waals surface area contributed by atoms with Gasteiger partial charge in [0.05, 0.1) is 43.7 Å². The standard InChI is InChI=1S/C14H16N2O4S/c1-19-10-3-4-11-12(7-10)15-8-16(14(11)18)9-21-6-5-13(17)20-2/h3-4,7-8H,5-6,9H2,1-2H3. The van der Waals surface area contributed by atoms with Crippen LogP contribution in [0.5, 0.6) is 5.75 Å². The van der Waals surface area contributed by atoms with Crippen molar-refractivity contribution >= 4 is 28.6 Å². The van der Waals surface area contributed by atoms with Crippen molar-refractivity contribution in [3.8, 4) is 5.75 Å². The van der Waals surface area contributed by atoms with Gasteiger partial charge in [-0.05, 0) is 12.1 Å². The van der Waals surface area contributed by atoms with Crippen LogP contribution >= 0.6 is 11.8 Å². The van der Waals surface area contributed by atoms with Gasteiger partial charge >= 0.3 is 5.97 Å². The topological polar surface area (TPSA) is 70.4 Å². The number of thioether (sulfide) groups is 1. The lowest BCUT2D eigenvalue weighted by Gasteiger charge is -2.07. The van der Waals surface area contributed by atoms with Crippen LogP contribution in [0.2, 0.25) is 0 Å². The molecule has 0 aliphatic heterocycles. The average Bonchev–Trinajstić information content (AvgIpc) is 2.52. The van der Waals surface area contributed by atoms with E-state index in [9.17, 15) is 9.59 Å². The molecular weight excluding hydrogens is 292 g/mol. The number of carbonyl (C=O) groups is 1. The molecule has 0 unspecified atom stereocenters. The minimum atomic E-state index is -0.251. The first-order valence-electron chi connectivity index (χ1n) is 6.33. The van der Waals surface area contributed by atoms with Crippen LogP contribution in [0.15, 0.2) is 29.3 Å². The van der Waals surface area contributed by atoms with Gasteiger partial charge in [0, 0.05) is 11.8 Å². The Morgan fingerprint density at radius 2 is 2.19 bits per heavy atom. The Balaban J connectivity index is 2.09. The number of ether oxygens (including phenoxy) is 2. The van der Waals surface area contributed by atoms with Crippen molar-refractivity contribution in [1.82, 2.24) is 9.55 Å². The molecule has 6 nitrogen and oxygen atoms in total. The highest BCUT2D eigenvalue weighted by atomic mass is 32.2. The van der Waals surface area contributed by atoms with Gasteiger partial charge in [0.25, 0.3) is 5.56 Å². The highest BCUT2D eigenvalue weighted by molar-refractivity contribution is 7.98. The number of hydrogen-bond donors (Lipinski definition) is 0. The van der Waals surface area contributed by atoms with Gasteiger partial charge in [-0.15, -0.1) is 11.8 Å². The van der Waals surface area contributed by atoms with E-state index >= 15 is 0 Å². The fourth-order valence-electron chi connectivity index (χ4n) is 1.78. The van der Waals surface area contributed by atoms with E-state index in [1.54, 1.807) is 25.3 Å². The summed E-state index contributed by atoms with van der Waals surface area (Å²) in [4.78, 5) is 27.5. The molecule has 2 rings (SSSR count). The lowest BCUT2D eigenvalue weighted by Crippen LogP contribution is -2.19. The van der Waals surface area contributed by atoms with E-state index in [-0.39, 0.29) is 11.5 Å². The maximum Gasteiger partial charge on any atom is 0.306 e. The first-order valence-corrected chi connectivity index (χ1v) is 7.49. The summed E-state index contributed by atoms with van der Waals surface area (Å²) in [6, 6.07) is 5.17. The van der Waals surface area contributed by atoms with E-state index in [1.807, 2.05) is 0 Å². The zero-order valence-electron chi connectivity index (χ0n) is 11.9. The molecule has 112 valence electrons. The molecule has 0 spiro atoms. The maximum absolute atomic E-state index is 12.3. The fraction of sp³-hybridized carbons (Fsp3) is 0.357. The summed E-state index contributed by atoms with van der Waals surface area (Å²) in [7, 11) is 2.93. The van der Waals surface area contributed by atoms with Crippen LogP contribution < -0.4 is 10.3 Å². The Labute approximate surface area is 126 Å². The van der Waals surface area contributed by atoms with E-state index in [2.05, 4.69) is 9.72 Å². The number of esters is 1. The second-order valence-corrected chi connectivity index (χ2v) is 5.34. The molecule has 1 aromatic carbocycles. The Morgan fingerprint density at radius 3 is 2.90 bits per heavy atom. The SMILES string of the molecule is COC(=O)CCSCn1cnc2cc(OC)ccc2c1=O. The van der Waals surface area contributed by atoms with E-state index < -0.39 is 0 Å². The lowest BCUT2D eigenvalue weighted by atomic mass is 10.2. The number of aromatic nitrogens is 2. The maximum atomic E-state index is 12.3. The van der Waals surface area contributed by atoms with Gasteiger partial charge in [-0.1, -0.05) is 0 Å². The predicted octanol–water partition coefficient (Wildman–Crippen LogP) is 1.66. The van der Waals surface area contributed by atoms with Crippen molar-refractivity contribution in [2.45, 2.75) is 12.3 Å². The van der Waals surface area contributed by atoms with E-state index in [0.29, 0.717) is 34.7 Å². The lowest BCUT2D eigenvalue weighted by molar-refractivity contribution is -0.140. The van der Waals surface area contributed by atoms with Crippen molar-refractivity contribution in [2.75, 3.05) is 20.0 Å². The van der Waals surface area contributed by atoms with Crippen molar-refractivity contribution in [1.29, 1.82) is 0 Å². The van der Waals surface area contributed by atoms with Gasteiger partial charge in [-0.3, -0.25) is 14.2 Å². The third-order valence-corrected chi connectivity index (χ3v) is 3.89. The second-order valence-electron chi connectivity index (χ2n) is 4.27. The number of rotatable bonds is 6. The highest BCUT2D eigenvalue weighted by Crippen LogP contribution is 2.16. The van der Waals surface area contributed by atoms with Crippen molar-refractivity contribution in [2.24, 2.45) is 0 Å². The van der Waals surface area contributed by atoms with Gasteiger partial charge in [0.1, 0.15) is 5.75 Å². The van der Waals surface area contributed by atoms with Crippen LogP contribution in [0.3, 0.4) is 0 Å². The molecule has 0 aliphatic carbocycles. The van der Waals surface area contributed by atoms with Gasteiger partial charge in [-0.25, -0.2) is 4.98 Å². The van der Waals surface area contributed by atoms with Crippen molar-refractivity contribution in [3.63, 3.8) is 0 Å². The molecule has 0 radical (unpaired) electrons. The normalized spacial score (nSPS) is 10.6. The molecule has 1 aromatic heterocycles. The third kappa shape index (κ3) is 3.75. The van der Waals surface area contributed by atoms with E-state index in [4.69, 9.17) is 4.74 Å². The van der Waals surface area contributed by atoms with E-state index in [1.165, 1.54) is 29.8 Å². The first kappa shape index (κ1) is 15.4. The molecule has 0 saturated carbocycles. The minimum absolute atomic E-state index is 0.103. The summed E-state index contributed by atoms with van der Waals surface area (Å²) >= 11 is 1.48. The summed E-state index contributed by atoms with van der Waals surface area (Å²) in [5, 5.41) is 0.548. The van der Waals surface area contributed by atoms with Crippen molar-refractivity contribution in [3.05, 3.63) is 34.9 Å². The van der Waals surface area contributed by atoms with Crippen LogP contribution in [-0.2, 0) is 15.4 Å². The highest BCUT2D eigenvalue weighted by Gasteiger charge is 2.06. The van der Waals surface area contributed by atoms with Gasteiger partial charge in [-0.2, -0.15) is 0 Å². The van der Waals surface area contributed by atoms with Crippen LogP contribution in [-0.4, -0.2) is 35.5 Å². The minimum Gasteiger partial charge on any atom is -0.497 e. The zero-order valence-corrected chi connectivity index (χ0v) is 12.7. The largest absolute Gasteiger partial charge is 0.497 e. The van der Waals surface area contributed by atoms with Crippen LogP contribution in [0.25, 0.3) is 10.9 Å². The molecule has 0 saturated heterocycles. The third-order valence-electron chi connectivity index (χ3n) is 2.94. The Kier molecular flexibility index (Phi) is 5.21.